The lowest BCUT2D eigenvalue weighted by Gasteiger charge is -2.31. The first-order valence-corrected chi connectivity index (χ1v) is 8.27. The second kappa shape index (κ2) is 7.93. The van der Waals surface area contributed by atoms with Crippen LogP contribution in [0.4, 0.5) is 0 Å². The Morgan fingerprint density at radius 2 is 2.17 bits per heavy atom. The molecule has 1 saturated heterocycles. The van der Waals surface area contributed by atoms with Crippen LogP contribution in [0, 0.1) is 5.92 Å². The van der Waals surface area contributed by atoms with Crippen LogP contribution in [-0.2, 0) is 6.42 Å². The number of thiophene rings is 1. The summed E-state index contributed by atoms with van der Waals surface area (Å²) in [5.41, 5.74) is 1.47. The summed E-state index contributed by atoms with van der Waals surface area (Å²) in [4.78, 5) is 2.61. The van der Waals surface area contributed by atoms with Crippen LogP contribution in [0.2, 0.25) is 0 Å². The van der Waals surface area contributed by atoms with Gasteiger partial charge in [-0.25, -0.2) is 0 Å². The summed E-state index contributed by atoms with van der Waals surface area (Å²) in [5, 5.41) is 7.97. The van der Waals surface area contributed by atoms with E-state index in [0.717, 1.165) is 19.0 Å². The summed E-state index contributed by atoms with van der Waals surface area (Å²) < 4.78 is 0. The highest BCUT2D eigenvalue weighted by molar-refractivity contribution is 7.07. The molecule has 0 saturated carbocycles. The van der Waals surface area contributed by atoms with Crippen molar-refractivity contribution in [2.45, 2.75) is 32.6 Å². The van der Waals surface area contributed by atoms with Gasteiger partial charge >= 0.3 is 0 Å². The monoisotopic (exact) mass is 266 g/mol. The second-order valence-corrected chi connectivity index (χ2v) is 6.10. The third kappa shape index (κ3) is 4.71. The van der Waals surface area contributed by atoms with Crippen LogP contribution >= 0.6 is 11.3 Å². The molecular weight excluding hydrogens is 240 g/mol. The van der Waals surface area contributed by atoms with Crippen molar-refractivity contribution < 1.29 is 0 Å². The molecule has 0 aromatic carbocycles. The maximum Gasteiger partial charge on any atom is 0.0107 e. The molecule has 0 aliphatic carbocycles. The van der Waals surface area contributed by atoms with Gasteiger partial charge < -0.3 is 10.2 Å². The number of likely N-dealkylation sites (tertiary alicyclic amines) is 1. The van der Waals surface area contributed by atoms with Crippen molar-refractivity contribution in [2.24, 2.45) is 5.92 Å². The van der Waals surface area contributed by atoms with Crippen LogP contribution in [0.15, 0.2) is 16.8 Å². The molecule has 3 heteroatoms. The smallest absolute Gasteiger partial charge is 0.0107 e. The van der Waals surface area contributed by atoms with Crippen molar-refractivity contribution in [3.63, 3.8) is 0 Å². The van der Waals surface area contributed by atoms with Crippen molar-refractivity contribution in [3.05, 3.63) is 22.4 Å². The molecule has 102 valence electrons. The molecular formula is C15H26N2S. The summed E-state index contributed by atoms with van der Waals surface area (Å²) >= 11 is 1.79. The number of nitrogens with one attached hydrogen (secondary N) is 1. The minimum atomic E-state index is 0.993. The van der Waals surface area contributed by atoms with Crippen molar-refractivity contribution in [3.8, 4) is 0 Å². The van der Waals surface area contributed by atoms with Crippen LogP contribution in [0.3, 0.4) is 0 Å². The van der Waals surface area contributed by atoms with Crippen molar-refractivity contribution >= 4 is 11.3 Å². The predicted octanol–water partition coefficient (Wildman–Crippen LogP) is 3.00. The van der Waals surface area contributed by atoms with Crippen LogP contribution < -0.4 is 5.32 Å². The SMILES string of the molecule is CCC1CCN(CCNCCc2ccsc2)CC1. The predicted molar refractivity (Wildman–Crippen MR) is 80.3 cm³/mol. The van der Waals surface area contributed by atoms with Gasteiger partial charge in [-0.3, -0.25) is 0 Å². The van der Waals surface area contributed by atoms with Crippen molar-refractivity contribution in [2.75, 3.05) is 32.7 Å². The molecule has 0 amide bonds. The van der Waals surface area contributed by atoms with Gasteiger partial charge in [0, 0.05) is 13.1 Å². The van der Waals surface area contributed by atoms with Crippen molar-refractivity contribution in [1.82, 2.24) is 10.2 Å². The van der Waals surface area contributed by atoms with Crippen LogP contribution in [0.1, 0.15) is 31.7 Å². The first-order valence-electron chi connectivity index (χ1n) is 7.32. The van der Waals surface area contributed by atoms with E-state index in [1.165, 1.54) is 50.9 Å². The van der Waals surface area contributed by atoms with Gasteiger partial charge in [0.05, 0.1) is 0 Å². The maximum absolute atomic E-state index is 3.56. The highest BCUT2D eigenvalue weighted by Crippen LogP contribution is 2.19. The topological polar surface area (TPSA) is 15.3 Å². The zero-order valence-electron chi connectivity index (χ0n) is 11.5. The molecule has 2 nitrogen and oxygen atoms in total. The van der Waals surface area contributed by atoms with E-state index in [1.807, 2.05) is 0 Å². The molecule has 1 N–H and O–H groups in total. The van der Waals surface area contributed by atoms with Crippen LogP contribution in [-0.4, -0.2) is 37.6 Å². The van der Waals surface area contributed by atoms with Gasteiger partial charge in [0.25, 0.3) is 0 Å². The van der Waals surface area contributed by atoms with Gasteiger partial charge in [-0.15, -0.1) is 0 Å². The number of nitrogens with zero attached hydrogens (tertiary/aromatic N) is 1. The molecule has 1 aromatic heterocycles. The van der Waals surface area contributed by atoms with E-state index in [0.29, 0.717) is 0 Å². The highest BCUT2D eigenvalue weighted by atomic mass is 32.1. The molecule has 2 rings (SSSR count). The van der Waals surface area contributed by atoms with Crippen molar-refractivity contribution in [1.29, 1.82) is 0 Å². The minimum Gasteiger partial charge on any atom is -0.315 e. The third-order valence-corrected chi connectivity index (χ3v) is 4.79. The summed E-state index contributed by atoms with van der Waals surface area (Å²) in [6, 6.07) is 2.22. The normalized spacial score (nSPS) is 18.3. The zero-order chi connectivity index (χ0) is 12.6. The van der Waals surface area contributed by atoms with E-state index in [4.69, 9.17) is 0 Å². The Bertz CT molecular complexity index is 302. The maximum atomic E-state index is 3.56. The van der Waals surface area contributed by atoms with Gasteiger partial charge in [0.1, 0.15) is 0 Å². The van der Waals surface area contributed by atoms with Gasteiger partial charge in [0.15, 0.2) is 0 Å². The summed E-state index contributed by atoms with van der Waals surface area (Å²) in [5.74, 6) is 0.993. The molecule has 0 spiro atoms. The summed E-state index contributed by atoms with van der Waals surface area (Å²) in [7, 11) is 0. The van der Waals surface area contributed by atoms with E-state index in [1.54, 1.807) is 11.3 Å². The Hall–Kier alpha value is -0.380. The van der Waals surface area contributed by atoms with E-state index < -0.39 is 0 Å². The van der Waals surface area contributed by atoms with Gasteiger partial charge in [-0.05, 0) is 67.2 Å². The lowest BCUT2D eigenvalue weighted by molar-refractivity contribution is 0.182. The molecule has 1 fully saturated rings. The van der Waals surface area contributed by atoms with E-state index in [2.05, 4.69) is 34.0 Å². The van der Waals surface area contributed by atoms with Gasteiger partial charge in [-0.2, -0.15) is 11.3 Å². The lowest BCUT2D eigenvalue weighted by Crippen LogP contribution is -2.38. The molecule has 2 heterocycles. The lowest BCUT2D eigenvalue weighted by atomic mass is 9.94. The Balaban J connectivity index is 1.48. The molecule has 0 unspecified atom stereocenters. The number of rotatable bonds is 7. The second-order valence-electron chi connectivity index (χ2n) is 5.32. The Morgan fingerprint density at radius 1 is 1.33 bits per heavy atom. The van der Waals surface area contributed by atoms with E-state index in [-0.39, 0.29) is 0 Å². The Morgan fingerprint density at radius 3 is 2.83 bits per heavy atom. The molecule has 18 heavy (non-hydrogen) atoms. The third-order valence-electron chi connectivity index (χ3n) is 4.06. The number of hydrogen-bond donors (Lipinski definition) is 1. The van der Waals surface area contributed by atoms with Gasteiger partial charge in [-0.1, -0.05) is 13.3 Å². The number of piperidine rings is 1. The standard InChI is InChI=1S/C15H26N2S/c1-2-14-4-9-17(10-5-14)11-8-16-7-3-15-6-12-18-13-15/h6,12-14,16H,2-5,7-11H2,1H3. The average molecular weight is 266 g/mol. The minimum absolute atomic E-state index is 0.993. The van der Waals surface area contributed by atoms with Gasteiger partial charge in [0.2, 0.25) is 0 Å². The largest absolute Gasteiger partial charge is 0.315 e. The van der Waals surface area contributed by atoms with Crippen LogP contribution in [0.25, 0.3) is 0 Å². The molecule has 0 atom stereocenters. The Kier molecular flexibility index (Phi) is 6.18. The first-order chi connectivity index (χ1) is 8.88. The summed E-state index contributed by atoms with van der Waals surface area (Å²) in [6.45, 7) is 8.42. The molecule has 1 aliphatic heterocycles. The molecule has 0 bridgehead atoms. The fourth-order valence-electron chi connectivity index (χ4n) is 2.65. The van der Waals surface area contributed by atoms with E-state index in [9.17, 15) is 0 Å². The molecule has 1 aromatic rings. The van der Waals surface area contributed by atoms with Crippen LogP contribution in [0.5, 0.6) is 0 Å². The first kappa shape index (κ1) is 14.0. The molecule has 1 aliphatic rings. The fourth-order valence-corrected chi connectivity index (χ4v) is 3.35. The Labute approximate surface area is 115 Å². The molecule has 0 radical (unpaired) electrons. The highest BCUT2D eigenvalue weighted by Gasteiger charge is 2.16. The quantitative estimate of drug-likeness (QED) is 0.763. The fraction of sp³-hybridized carbons (Fsp3) is 0.733. The number of hydrogen-bond acceptors (Lipinski definition) is 3. The average Bonchev–Trinajstić information content (AvgIpc) is 2.92. The van der Waals surface area contributed by atoms with E-state index >= 15 is 0 Å². The zero-order valence-corrected chi connectivity index (χ0v) is 12.3. The summed E-state index contributed by atoms with van der Waals surface area (Å²) in [6.07, 6.45) is 5.35.